The number of hydrogen-bond acceptors (Lipinski definition) is 1. The Bertz CT molecular complexity index is 152. The van der Waals surface area contributed by atoms with Gasteiger partial charge < -0.3 is 5.32 Å². The molecule has 1 nitrogen and oxygen atoms in total. The molecule has 0 spiro atoms. The molecule has 1 rings (SSSR count). The molecule has 1 fully saturated rings. The van der Waals surface area contributed by atoms with Crippen LogP contribution in [0, 0.1) is 0 Å². The highest BCUT2D eigenvalue weighted by Crippen LogP contribution is 2.18. The minimum absolute atomic E-state index is 0.0343. The summed E-state index contributed by atoms with van der Waals surface area (Å²) in [5.41, 5.74) is 0. The third-order valence-electron chi connectivity index (χ3n) is 2.46. The van der Waals surface area contributed by atoms with Gasteiger partial charge in [0.05, 0.1) is 0 Å². The molecule has 1 saturated heterocycles. The molecule has 13 heavy (non-hydrogen) atoms. The molecule has 0 amide bonds. The molecule has 4 atom stereocenters. The minimum Gasteiger partial charge on any atom is -0.311 e. The van der Waals surface area contributed by atoms with Crippen LogP contribution in [0.2, 0.25) is 0 Å². The van der Waals surface area contributed by atoms with Gasteiger partial charge in [-0.3, -0.25) is 0 Å². The van der Waals surface area contributed by atoms with Crippen molar-refractivity contribution in [1.82, 2.24) is 5.32 Å². The van der Waals surface area contributed by atoms with Crippen LogP contribution in [0.15, 0.2) is 0 Å². The predicted octanol–water partition coefficient (Wildman–Crippen LogP) is 2.16. The van der Waals surface area contributed by atoms with Crippen molar-refractivity contribution in [2.45, 2.75) is 50.7 Å². The molecule has 0 aromatic carbocycles. The van der Waals surface area contributed by atoms with Crippen LogP contribution < -0.4 is 5.32 Å². The molecule has 1 heterocycles. The van der Waals surface area contributed by atoms with Crippen molar-refractivity contribution in [2.75, 3.05) is 6.54 Å². The first-order chi connectivity index (χ1) is 6.09. The first-order valence-corrected chi connectivity index (χ1v) is 4.75. The van der Waals surface area contributed by atoms with Crippen LogP contribution in [-0.2, 0) is 0 Å². The molecule has 78 valence electrons. The molecule has 1 aliphatic rings. The molecule has 0 bridgehead atoms. The molecule has 0 aromatic rings. The Hall–Kier alpha value is -0.250. The van der Waals surface area contributed by atoms with Crippen LogP contribution in [-0.4, -0.2) is 31.1 Å². The Balaban J connectivity index is 2.12. The van der Waals surface area contributed by atoms with Crippen molar-refractivity contribution in [3.8, 4) is 0 Å². The van der Waals surface area contributed by atoms with Crippen LogP contribution in [0.25, 0.3) is 0 Å². The topological polar surface area (TPSA) is 12.0 Å². The number of alkyl halides is 3. The Morgan fingerprint density at radius 1 is 1.46 bits per heavy atom. The van der Waals surface area contributed by atoms with Crippen molar-refractivity contribution < 1.29 is 13.2 Å². The molecule has 0 radical (unpaired) electrons. The van der Waals surface area contributed by atoms with Gasteiger partial charge in [-0.1, -0.05) is 0 Å². The number of hydrogen-bond donors (Lipinski definition) is 1. The summed E-state index contributed by atoms with van der Waals surface area (Å²) >= 11 is 0. The minimum atomic E-state index is -1.41. The summed E-state index contributed by atoms with van der Waals surface area (Å²) < 4.78 is 37.8. The Labute approximate surface area is 76.7 Å². The molecule has 1 unspecified atom stereocenters. The average molecular weight is 195 g/mol. The molecular weight excluding hydrogens is 179 g/mol. The molecule has 1 N–H and O–H groups in total. The number of rotatable bonds is 4. The SMILES string of the molecule is CC(F)[C@H](F)CC[C@H]1C[C@H](F)CN1. The third-order valence-corrected chi connectivity index (χ3v) is 2.46. The summed E-state index contributed by atoms with van der Waals surface area (Å²) in [5.74, 6) is 0. The van der Waals surface area contributed by atoms with Crippen LogP contribution in [0.5, 0.6) is 0 Å². The van der Waals surface area contributed by atoms with Gasteiger partial charge in [0.25, 0.3) is 0 Å². The maximum absolute atomic E-state index is 12.8. The lowest BCUT2D eigenvalue weighted by Crippen LogP contribution is -2.24. The van der Waals surface area contributed by atoms with E-state index in [9.17, 15) is 13.2 Å². The highest BCUT2D eigenvalue weighted by molar-refractivity contribution is 4.82. The first-order valence-electron chi connectivity index (χ1n) is 4.75. The van der Waals surface area contributed by atoms with Gasteiger partial charge in [-0.2, -0.15) is 0 Å². The fourth-order valence-electron chi connectivity index (χ4n) is 1.58. The lowest BCUT2D eigenvalue weighted by Gasteiger charge is -2.12. The van der Waals surface area contributed by atoms with E-state index in [0.717, 1.165) is 0 Å². The largest absolute Gasteiger partial charge is 0.311 e. The smallest absolute Gasteiger partial charge is 0.131 e. The second kappa shape index (κ2) is 4.84. The second-order valence-electron chi connectivity index (χ2n) is 3.71. The van der Waals surface area contributed by atoms with Gasteiger partial charge in [0.1, 0.15) is 18.5 Å². The zero-order valence-corrected chi connectivity index (χ0v) is 7.77. The van der Waals surface area contributed by atoms with E-state index < -0.39 is 18.5 Å². The van der Waals surface area contributed by atoms with Crippen LogP contribution in [0.1, 0.15) is 26.2 Å². The molecular formula is C9H16F3N. The van der Waals surface area contributed by atoms with E-state index in [0.29, 0.717) is 19.4 Å². The van der Waals surface area contributed by atoms with Gasteiger partial charge in [-0.25, -0.2) is 13.2 Å². The summed E-state index contributed by atoms with van der Waals surface area (Å²) in [6.07, 6.45) is -2.49. The summed E-state index contributed by atoms with van der Waals surface area (Å²) in [6, 6.07) is 0.0343. The number of halogens is 3. The van der Waals surface area contributed by atoms with Gasteiger partial charge in [0.2, 0.25) is 0 Å². The van der Waals surface area contributed by atoms with Gasteiger partial charge >= 0.3 is 0 Å². The van der Waals surface area contributed by atoms with Gasteiger partial charge in [0.15, 0.2) is 0 Å². The highest BCUT2D eigenvalue weighted by atomic mass is 19.2. The van der Waals surface area contributed by atoms with E-state index in [1.165, 1.54) is 6.92 Å². The average Bonchev–Trinajstić information content (AvgIpc) is 2.47. The molecule has 1 aliphatic heterocycles. The Morgan fingerprint density at radius 3 is 2.62 bits per heavy atom. The normalized spacial score (nSPS) is 33.2. The maximum atomic E-state index is 12.8. The lowest BCUT2D eigenvalue weighted by atomic mass is 10.1. The van der Waals surface area contributed by atoms with Crippen molar-refractivity contribution in [3.05, 3.63) is 0 Å². The standard InChI is InChI=1S/C9H16F3N/c1-6(10)9(12)3-2-8-4-7(11)5-13-8/h6-9,13H,2-5H2,1H3/t6?,7-,8-,9+/m0/s1. The van der Waals surface area contributed by atoms with Crippen molar-refractivity contribution in [1.29, 1.82) is 0 Å². The predicted molar refractivity (Wildman–Crippen MR) is 46.0 cm³/mol. The monoisotopic (exact) mass is 195 g/mol. The fourth-order valence-corrected chi connectivity index (χ4v) is 1.58. The Morgan fingerprint density at radius 2 is 2.15 bits per heavy atom. The van der Waals surface area contributed by atoms with E-state index in [4.69, 9.17) is 0 Å². The van der Waals surface area contributed by atoms with E-state index in [2.05, 4.69) is 5.32 Å². The summed E-state index contributed by atoms with van der Waals surface area (Å²) in [6.45, 7) is 1.57. The maximum Gasteiger partial charge on any atom is 0.131 e. The first kappa shape index (κ1) is 10.8. The van der Waals surface area contributed by atoms with Crippen molar-refractivity contribution in [2.24, 2.45) is 0 Å². The van der Waals surface area contributed by atoms with E-state index in [1.807, 2.05) is 0 Å². The van der Waals surface area contributed by atoms with Crippen molar-refractivity contribution >= 4 is 0 Å². The molecule has 4 heteroatoms. The zero-order chi connectivity index (χ0) is 9.84. The molecule has 0 aromatic heterocycles. The highest BCUT2D eigenvalue weighted by Gasteiger charge is 2.25. The summed E-state index contributed by atoms with van der Waals surface area (Å²) in [7, 11) is 0. The van der Waals surface area contributed by atoms with Crippen molar-refractivity contribution in [3.63, 3.8) is 0 Å². The van der Waals surface area contributed by atoms with E-state index in [1.54, 1.807) is 0 Å². The zero-order valence-electron chi connectivity index (χ0n) is 7.77. The lowest BCUT2D eigenvalue weighted by molar-refractivity contribution is 0.166. The quantitative estimate of drug-likeness (QED) is 0.724. The summed E-state index contributed by atoms with van der Waals surface area (Å²) in [4.78, 5) is 0. The third kappa shape index (κ3) is 3.55. The van der Waals surface area contributed by atoms with E-state index >= 15 is 0 Å². The summed E-state index contributed by atoms with van der Waals surface area (Å²) in [5, 5.41) is 2.94. The second-order valence-corrected chi connectivity index (χ2v) is 3.71. The Kier molecular flexibility index (Phi) is 4.03. The van der Waals surface area contributed by atoms with E-state index in [-0.39, 0.29) is 12.5 Å². The fraction of sp³-hybridized carbons (Fsp3) is 1.00. The van der Waals surface area contributed by atoms with Gasteiger partial charge in [-0.15, -0.1) is 0 Å². The van der Waals surface area contributed by atoms with Crippen LogP contribution >= 0.6 is 0 Å². The van der Waals surface area contributed by atoms with Crippen LogP contribution in [0.4, 0.5) is 13.2 Å². The van der Waals surface area contributed by atoms with Gasteiger partial charge in [-0.05, 0) is 26.2 Å². The molecule has 0 aliphatic carbocycles. The van der Waals surface area contributed by atoms with Gasteiger partial charge in [0, 0.05) is 12.6 Å². The van der Waals surface area contributed by atoms with Crippen LogP contribution in [0.3, 0.4) is 0 Å². The molecule has 0 saturated carbocycles. The number of nitrogens with one attached hydrogen (secondary N) is 1.